The number of benzene rings is 2. The van der Waals surface area contributed by atoms with Crippen LogP contribution in [0, 0.1) is 0 Å². The van der Waals surface area contributed by atoms with Crippen molar-refractivity contribution >= 4 is 49.6 Å². The zero-order chi connectivity index (χ0) is 25.8. The molecule has 1 aliphatic carbocycles. The van der Waals surface area contributed by atoms with Gasteiger partial charge in [0.2, 0.25) is 0 Å². The molecule has 0 spiro atoms. The standard InChI is InChI=1S/C27H25BrN4O4S/c1-35-21-12-18(11-20(28)25(21)36-15-17-7-3-2-4-8-17)13-30-31-23(33)14-32-16-29-26-24(27(32)34)19-9-5-6-10-22(19)37-26/h2-4,7-8,11-13,16H,5-6,9-10,14-15H2,1H3,(H,31,33)/b30-13+. The van der Waals surface area contributed by atoms with E-state index >= 15 is 0 Å². The SMILES string of the molecule is COc1cc(/C=N/NC(=O)Cn2cnc3sc4c(c3c2=O)CCCC4)cc(Br)c1OCc1ccccc1. The second-order valence-corrected chi connectivity index (χ2v) is 10.6. The summed E-state index contributed by atoms with van der Waals surface area (Å²) in [6.07, 6.45) is 7.04. The van der Waals surface area contributed by atoms with Crippen molar-refractivity contribution in [1.29, 1.82) is 0 Å². The predicted octanol–water partition coefficient (Wildman–Crippen LogP) is 4.84. The Morgan fingerprint density at radius 2 is 2.05 bits per heavy atom. The van der Waals surface area contributed by atoms with Gasteiger partial charge in [-0.3, -0.25) is 14.2 Å². The van der Waals surface area contributed by atoms with E-state index in [0.717, 1.165) is 41.6 Å². The van der Waals surface area contributed by atoms with Gasteiger partial charge >= 0.3 is 0 Å². The third-order valence-electron chi connectivity index (χ3n) is 6.14. The Morgan fingerprint density at radius 3 is 2.86 bits per heavy atom. The number of aryl methyl sites for hydroxylation is 2. The number of nitrogens with one attached hydrogen (secondary N) is 1. The van der Waals surface area contributed by atoms with Crippen LogP contribution in [-0.2, 0) is 30.8 Å². The van der Waals surface area contributed by atoms with Gasteiger partial charge in [-0.2, -0.15) is 5.10 Å². The molecule has 0 fully saturated rings. The van der Waals surface area contributed by atoms with Crippen molar-refractivity contribution < 1.29 is 14.3 Å². The van der Waals surface area contributed by atoms with Gasteiger partial charge in [0.1, 0.15) is 18.0 Å². The minimum atomic E-state index is -0.419. The zero-order valence-electron chi connectivity index (χ0n) is 20.2. The minimum absolute atomic E-state index is 0.164. The van der Waals surface area contributed by atoms with Gasteiger partial charge in [0.25, 0.3) is 11.5 Å². The highest BCUT2D eigenvalue weighted by Crippen LogP contribution is 2.37. The molecule has 1 amide bonds. The van der Waals surface area contributed by atoms with Crippen LogP contribution < -0.4 is 20.5 Å². The van der Waals surface area contributed by atoms with Crippen molar-refractivity contribution in [2.45, 2.75) is 38.8 Å². The zero-order valence-corrected chi connectivity index (χ0v) is 22.6. The Kier molecular flexibility index (Phi) is 7.66. The number of fused-ring (bicyclic) bond motifs is 3. The van der Waals surface area contributed by atoms with Crippen LogP contribution in [-0.4, -0.2) is 28.8 Å². The molecule has 0 aliphatic heterocycles. The summed E-state index contributed by atoms with van der Waals surface area (Å²) in [7, 11) is 1.56. The number of aromatic nitrogens is 2. The summed E-state index contributed by atoms with van der Waals surface area (Å²) in [6.45, 7) is 0.233. The number of amides is 1. The van der Waals surface area contributed by atoms with Gasteiger partial charge in [-0.1, -0.05) is 30.3 Å². The van der Waals surface area contributed by atoms with E-state index in [-0.39, 0.29) is 12.1 Å². The van der Waals surface area contributed by atoms with Crippen LogP contribution in [0.4, 0.5) is 0 Å². The minimum Gasteiger partial charge on any atom is -0.493 e. The van der Waals surface area contributed by atoms with Gasteiger partial charge in [-0.25, -0.2) is 10.4 Å². The van der Waals surface area contributed by atoms with Crippen LogP contribution in [0.2, 0.25) is 0 Å². The highest BCUT2D eigenvalue weighted by molar-refractivity contribution is 9.10. The van der Waals surface area contributed by atoms with E-state index < -0.39 is 5.91 Å². The lowest BCUT2D eigenvalue weighted by atomic mass is 9.97. The average molecular weight is 581 g/mol. The molecule has 2 aromatic heterocycles. The molecule has 37 heavy (non-hydrogen) atoms. The van der Waals surface area contributed by atoms with Gasteiger partial charge < -0.3 is 9.47 Å². The Bertz CT molecular complexity index is 1530. The number of nitrogens with zero attached hydrogens (tertiary/aromatic N) is 3. The Balaban J connectivity index is 1.25. The molecule has 2 aromatic carbocycles. The fourth-order valence-corrected chi connectivity index (χ4v) is 6.14. The van der Waals surface area contributed by atoms with E-state index in [2.05, 4.69) is 31.4 Å². The molecule has 2 heterocycles. The molecular weight excluding hydrogens is 556 g/mol. The maximum Gasteiger partial charge on any atom is 0.262 e. The number of hydrogen-bond donors (Lipinski definition) is 1. The number of ether oxygens (including phenoxy) is 2. The summed E-state index contributed by atoms with van der Waals surface area (Å²) in [4.78, 5) is 32.0. The van der Waals surface area contributed by atoms with Crippen LogP contribution in [0.3, 0.4) is 0 Å². The van der Waals surface area contributed by atoms with Gasteiger partial charge in [0.15, 0.2) is 11.5 Å². The third-order valence-corrected chi connectivity index (χ3v) is 7.93. The topological polar surface area (TPSA) is 94.8 Å². The number of hydrazone groups is 1. The highest BCUT2D eigenvalue weighted by atomic mass is 79.9. The van der Waals surface area contributed by atoms with Gasteiger partial charge in [0, 0.05) is 4.88 Å². The van der Waals surface area contributed by atoms with E-state index in [9.17, 15) is 9.59 Å². The summed E-state index contributed by atoms with van der Waals surface area (Å²) in [5.41, 5.74) is 5.15. The number of methoxy groups -OCH3 is 1. The van der Waals surface area contributed by atoms with Crippen molar-refractivity contribution in [3.8, 4) is 11.5 Å². The molecule has 0 saturated carbocycles. The summed E-state index contributed by atoms with van der Waals surface area (Å²) in [6, 6.07) is 13.4. The molecule has 5 rings (SSSR count). The van der Waals surface area contributed by atoms with Crippen LogP contribution >= 0.6 is 27.3 Å². The van der Waals surface area contributed by atoms with E-state index in [1.165, 1.54) is 22.0 Å². The second-order valence-electron chi connectivity index (χ2n) is 8.67. The van der Waals surface area contributed by atoms with E-state index in [4.69, 9.17) is 9.47 Å². The van der Waals surface area contributed by atoms with E-state index in [1.807, 2.05) is 36.4 Å². The molecule has 10 heteroatoms. The van der Waals surface area contributed by atoms with Crippen LogP contribution in [0.15, 0.2) is 63.2 Å². The molecule has 0 radical (unpaired) electrons. The average Bonchev–Trinajstić information content (AvgIpc) is 3.29. The first-order valence-corrected chi connectivity index (χ1v) is 13.5. The Hall–Kier alpha value is -3.50. The highest BCUT2D eigenvalue weighted by Gasteiger charge is 2.20. The maximum absolute atomic E-state index is 13.1. The van der Waals surface area contributed by atoms with E-state index in [1.54, 1.807) is 24.5 Å². The largest absolute Gasteiger partial charge is 0.493 e. The first-order chi connectivity index (χ1) is 18.0. The summed E-state index contributed by atoms with van der Waals surface area (Å²) >= 11 is 5.12. The van der Waals surface area contributed by atoms with Crippen molar-refractivity contribution in [3.05, 3.63) is 85.2 Å². The number of rotatable bonds is 8. The molecule has 190 valence electrons. The first-order valence-electron chi connectivity index (χ1n) is 11.9. The third kappa shape index (κ3) is 5.60. The number of carbonyl (C=O) groups is 1. The van der Waals surface area contributed by atoms with Gasteiger partial charge in [0.05, 0.1) is 29.5 Å². The molecule has 1 N–H and O–H groups in total. The molecule has 0 atom stereocenters. The number of hydrogen-bond acceptors (Lipinski definition) is 7. The van der Waals surface area contributed by atoms with Crippen molar-refractivity contribution in [2.75, 3.05) is 7.11 Å². The number of halogens is 1. The monoisotopic (exact) mass is 580 g/mol. The number of carbonyl (C=O) groups excluding carboxylic acids is 1. The molecule has 0 saturated heterocycles. The van der Waals surface area contributed by atoms with Crippen LogP contribution in [0.5, 0.6) is 11.5 Å². The first kappa shape index (κ1) is 25.2. The maximum atomic E-state index is 13.1. The quantitative estimate of drug-likeness (QED) is 0.238. The molecule has 1 aliphatic rings. The van der Waals surface area contributed by atoms with Crippen molar-refractivity contribution in [1.82, 2.24) is 15.0 Å². The molecule has 8 nitrogen and oxygen atoms in total. The summed E-state index contributed by atoms with van der Waals surface area (Å²) in [5.74, 6) is 0.686. The summed E-state index contributed by atoms with van der Waals surface area (Å²) < 4.78 is 13.5. The van der Waals surface area contributed by atoms with E-state index in [0.29, 0.717) is 33.5 Å². The smallest absolute Gasteiger partial charge is 0.262 e. The molecule has 0 unspecified atom stereocenters. The van der Waals surface area contributed by atoms with Crippen LogP contribution in [0.25, 0.3) is 10.2 Å². The lowest BCUT2D eigenvalue weighted by Crippen LogP contribution is -2.30. The summed E-state index contributed by atoms with van der Waals surface area (Å²) in [5, 5.41) is 4.71. The predicted molar refractivity (Wildman–Crippen MR) is 148 cm³/mol. The lowest BCUT2D eigenvalue weighted by molar-refractivity contribution is -0.121. The normalized spacial score (nSPS) is 13.0. The second kappa shape index (κ2) is 11.3. The Labute approximate surface area is 226 Å². The fraction of sp³-hybridized carbons (Fsp3) is 0.259. The lowest BCUT2D eigenvalue weighted by Gasteiger charge is -2.13. The van der Waals surface area contributed by atoms with Crippen molar-refractivity contribution in [3.63, 3.8) is 0 Å². The van der Waals surface area contributed by atoms with Crippen molar-refractivity contribution in [2.24, 2.45) is 5.10 Å². The van der Waals surface area contributed by atoms with Gasteiger partial charge in [-0.05, 0) is 70.4 Å². The fourth-order valence-electron chi connectivity index (χ4n) is 4.35. The number of thiophene rings is 1. The van der Waals surface area contributed by atoms with Crippen LogP contribution in [0.1, 0.15) is 34.4 Å². The molecule has 4 aromatic rings. The molecule has 0 bridgehead atoms. The Morgan fingerprint density at radius 1 is 1.24 bits per heavy atom. The molecular formula is C27H25BrN4O4S. The van der Waals surface area contributed by atoms with Gasteiger partial charge in [-0.15, -0.1) is 11.3 Å².